The monoisotopic (exact) mass is 812 g/mol. The lowest BCUT2D eigenvalue weighted by atomic mass is 9.97. The molecule has 7 rings (SSSR count). The molecule has 0 spiro atoms. The molecule has 1 aliphatic carbocycles. The van der Waals surface area contributed by atoms with Crippen molar-refractivity contribution >= 4 is 38.5 Å². The molecule has 2 N–H and O–H groups in total. The Bertz CT molecular complexity index is 2750. The molecule has 18 heteroatoms. The van der Waals surface area contributed by atoms with Crippen LogP contribution < -0.4 is 21.3 Å². The van der Waals surface area contributed by atoms with E-state index in [1.807, 2.05) is 11.6 Å². The number of ether oxygens (including phenoxy) is 1. The third-order valence-electron chi connectivity index (χ3n) is 9.99. The van der Waals surface area contributed by atoms with E-state index in [0.29, 0.717) is 48.2 Å². The minimum Gasteiger partial charge on any atom is -0.461 e. The number of fused-ring (bicyclic) bond motifs is 1. The first-order valence-electron chi connectivity index (χ1n) is 18.5. The molecule has 1 amide bonds. The third-order valence-corrected chi connectivity index (χ3v) is 11.4. The van der Waals surface area contributed by atoms with Crippen molar-refractivity contribution in [1.29, 1.82) is 0 Å². The van der Waals surface area contributed by atoms with Gasteiger partial charge in [-0.15, -0.1) is 5.10 Å². The Labute approximate surface area is 330 Å². The van der Waals surface area contributed by atoms with Crippen molar-refractivity contribution < 1.29 is 31.5 Å². The molecule has 0 bridgehead atoms. The number of anilines is 1. The number of amides is 1. The van der Waals surface area contributed by atoms with Crippen molar-refractivity contribution in [2.45, 2.75) is 68.9 Å². The molecule has 3 aromatic heterocycles. The molecule has 6 aromatic rings. The van der Waals surface area contributed by atoms with Gasteiger partial charge < -0.3 is 10.1 Å². The average Bonchev–Trinajstić information content (AvgIpc) is 3.72. The SMILES string of the molecule is CCc1cn(-c2ccc(S(=O)(=O)Nc3cc(F)c(C(=O)N[C@@H](Cc4ccc(-n5c(=O)c6ccncc6n(C)c5=O)cc4)C(=O)OC4CCCCC4)cc3F)cc2)nn1. The maximum Gasteiger partial charge on any atom is 0.335 e. The van der Waals surface area contributed by atoms with Crippen LogP contribution in [0.15, 0.2) is 99.8 Å². The van der Waals surface area contributed by atoms with Gasteiger partial charge >= 0.3 is 11.7 Å². The smallest absolute Gasteiger partial charge is 0.335 e. The van der Waals surface area contributed by atoms with Crippen molar-refractivity contribution in [3.8, 4) is 11.4 Å². The summed E-state index contributed by atoms with van der Waals surface area (Å²) in [6, 6.07) is 12.9. The number of nitrogens with zero attached hydrogens (tertiary/aromatic N) is 6. The van der Waals surface area contributed by atoms with Gasteiger partial charge in [-0.05, 0) is 86.2 Å². The summed E-state index contributed by atoms with van der Waals surface area (Å²) in [5, 5.41) is 10.7. The molecular weight excluding hydrogens is 775 g/mol. The molecule has 1 atom stereocenters. The summed E-state index contributed by atoms with van der Waals surface area (Å²) in [4.78, 5) is 57.3. The number of carbonyl (C=O) groups is 2. The minimum atomic E-state index is -4.40. The zero-order valence-electron chi connectivity index (χ0n) is 31.4. The van der Waals surface area contributed by atoms with E-state index in [2.05, 4.69) is 20.6 Å². The van der Waals surface area contributed by atoms with Crippen LogP contribution in [0.3, 0.4) is 0 Å². The normalized spacial score (nSPS) is 13.9. The highest BCUT2D eigenvalue weighted by Crippen LogP contribution is 2.25. The second-order valence-electron chi connectivity index (χ2n) is 13.9. The third kappa shape index (κ3) is 8.27. The zero-order valence-corrected chi connectivity index (χ0v) is 32.2. The van der Waals surface area contributed by atoms with Gasteiger partial charge in [-0.1, -0.05) is 30.7 Å². The first-order chi connectivity index (χ1) is 27.8. The summed E-state index contributed by atoms with van der Waals surface area (Å²) in [6.45, 7) is 1.91. The number of benzene rings is 3. The van der Waals surface area contributed by atoms with Gasteiger partial charge in [-0.2, -0.15) is 0 Å². The Morgan fingerprint density at radius 3 is 2.34 bits per heavy atom. The van der Waals surface area contributed by atoms with E-state index < -0.39 is 62.1 Å². The number of aromatic nitrogens is 6. The molecule has 0 unspecified atom stereocenters. The van der Waals surface area contributed by atoms with E-state index in [1.165, 1.54) is 71.2 Å². The van der Waals surface area contributed by atoms with Crippen molar-refractivity contribution in [3.05, 3.63) is 135 Å². The summed E-state index contributed by atoms with van der Waals surface area (Å²) >= 11 is 0. The average molecular weight is 813 g/mol. The zero-order chi connectivity index (χ0) is 41.1. The fourth-order valence-corrected chi connectivity index (χ4v) is 7.82. The van der Waals surface area contributed by atoms with E-state index in [4.69, 9.17) is 4.74 Å². The highest BCUT2D eigenvalue weighted by Gasteiger charge is 2.29. The molecule has 1 fully saturated rings. The van der Waals surface area contributed by atoms with Crippen LogP contribution in [0.2, 0.25) is 0 Å². The molecule has 0 radical (unpaired) electrons. The number of rotatable bonds is 12. The first kappa shape index (κ1) is 39.7. The van der Waals surface area contributed by atoms with Crippen LogP contribution in [0.5, 0.6) is 0 Å². The number of halogens is 2. The van der Waals surface area contributed by atoms with Gasteiger partial charge in [0.05, 0.1) is 56.5 Å². The number of esters is 1. The Morgan fingerprint density at radius 2 is 1.66 bits per heavy atom. The van der Waals surface area contributed by atoms with Crippen molar-refractivity contribution in [1.82, 2.24) is 34.4 Å². The fourth-order valence-electron chi connectivity index (χ4n) is 6.77. The predicted molar refractivity (Wildman–Crippen MR) is 208 cm³/mol. The van der Waals surface area contributed by atoms with Gasteiger partial charge in [0.1, 0.15) is 23.8 Å². The summed E-state index contributed by atoms with van der Waals surface area (Å²) in [5.74, 6) is -4.44. The second-order valence-corrected chi connectivity index (χ2v) is 15.6. The Morgan fingerprint density at radius 1 is 0.948 bits per heavy atom. The van der Waals surface area contributed by atoms with Gasteiger partial charge in [-0.25, -0.2) is 36.0 Å². The van der Waals surface area contributed by atoms with Gasteiger partial charge in [0, 0.05) is 25.7 Å². The van der Waals surface area contributed by atoms with Crippen LogP contribution in [-0.4, -0.2) is 61.6 Å². The minimum absolute atomic E-state index is 0.147. The first-order valence-corrected chi connectivity index (χ1v) is 20.0. The topological polar surface area (TPSA) is 189 Å². The summed E-state index contributed by atoms with van der Waals surface area (Å²) in [6.07, 6.45) is 8.66. The number of hydrogen-bond acceptors (Lipinski definition) is 10. The Hall–Kier alpha value is -6.56. The van der Waals surface area contributed by atoms with Gasteiger partial charge in [0.2, 0.25) is 0 Å². The lowest BCUT2D eigenvalue weighted by molar-refractivity contribution is -0.152. The number of aryl methyl sites for hydroxylation is 2. The van der Waals surface area contributed by atoms with E-state index in [9.17, 15) is 27.6 Å². The lowest BCUT2D eigenvalue weighted by Crippen LogP contribution is -2.45. The fraction of sp³-hybridized carbons (Fsp3) is 0.275. The molecule has 1 aliphatic rings. The number of nitrogens with one attached hydrogen (secondary N) is 2. The van der Waals surface area contributed by atoms with E-state index in [0.717, 1.165) is 29.5 Å². The number of sulfonamides is 1. The summed E-state index contributed by atoms with van der Waals surface area (Å²) < 4.78 is 68.8. The number of pyridine rings is 1. The van der Waals surface area contributed by atoms with Crippen molar-refractivity contribution in [2.75, 3.05) is 4.72 Å². The molecule has 3 aromatic carbocycles. The molecule has 0 saturated heterocycles. The molecule has 0 aliphatic heterocycles. The van der Waals surface area contributed by atoms with Gasteiger partial charge in [0.15, 0.2) is 0 Å². The number of carbonyl (C=O) groups excluding carboxylic acids is 2. The predicted octanol–water partition coefficient (Wildman–Crippen LogP) is 4.52. The quantitative estimate of drug-likeness (QED) is 0.166. The van der Waals surface area contributed by atoms with Crippen molar-refractivity contribution in [2.24, 2.45) is 7.05 Å². The standard InChI is InChI=1S/C40H38F2N8O7S/c1-3-25-23-49(47-45-25)26-13-15-29(16-14-26)58(55,56)46-34-21-32(41)31(20-33(34)42)37(51)44-35(39(53)57-28-7-5-4-6-8-28)19-24-9-11-27(12-10-24)50-38(52)30-17-18-43-22-36(30)48(2)40(50)54/h9-18,20-23,28,35,46H,3-8,19H2,1-2H3,(H,44,51)/t35-/m0/s1. The largest absolute Gasteiger partial charge is 0.461 e. The molecule has 3 heterocycles. The molecule has 58 heavy (non-hydrogen) atoms. The maximum absolute atomic E-state index is 15.5. The second kappa shape index (κ2) is 16.5. The van der Waals surface area contributed by atoms with Crippen LogP contribution in [0.1, 0.15) is 60.6 Å². The van der Waals surface area contributed by atoms with Gasteiger partial charge in [0.25, 0.3) is 21.5 Å². The molecular formula is C40H38F2N8O7S. The highest BCUT2D eigenvalue weighted by atomic mass is 32.2. The Balaban J connectivity index is 1.10. The van der Waals surface area contributed by atoms with Crippen molar-refractivity contribution in [3.63, 3.8) is 0 Å². The molecule has 15 nitrogen and oxygen atoms in total. The van der Waals surface area contributed by atoms with Crippen LogP contribution >= 0.6 is 0 Å². The molecule has 300 valence electrons. The lowest BCUT2D eigenvalue weighted by Gasteiger charge is -2.25. The maximum atomic E-state index is 15.5. The summed E-state index contributed by atoms with van der Waals surface area (Å²) in [5.41, 5.74) is -0.309. The Kier molecular flexibility index (Phi) is 11.3. The van der Waals surface area contributed by atoms with Crippen LogP contribution in [0, 0.1) is 11.6 Å². The van der Waals surface area contributed by atoms with Crippen LogP contribution in [-0.2, 0) is 39.4 Å². The molecule has 1 saturated carbocycles. The van der Waals surface area contributed by atoms with E-state index in [1.54, 1.807) is 18.3 Å². The van der Waals surface area contributed by atoms with Gasteiger partial charge in [-0.3, -0.25) is 23.9 Å². The van der Waals surface area contributed by atoms with Crippen LogP contribution in [0.25, 0.3) is 22.3 Å². The highest BCUT2D eigenvalue weighted by molar-refractivity contribution is 7.92. The number of hydrogen-bond donors (Lipinski definition) is 2. The van der Waals surface area contributed by atoms with E-state index >= 15 is 8.78 Å². The van der Waals surface area contributed by atoms with Crippen LogP contribution in [0.4, 0.5) is 14.5 Å². The van der Waals surface area contributed by atoms with E-state index in [-0.39, 0.29) is 28.5 Å². The summed E-state index contributed by atoms with van der Waals surface area (Å²) in [7, 11) is -2.88.